The third-order valence-corrected chi connectivity index (χ3v) is 2.63. The average molecular weight is 240 g/mol. The molecule has 3 aromatic heterocycles. The van der Waals surface area contributed by atoms with Crippen molar-refractivity contribution in [2.75, 3.05) is 5.32 Å². The van der Waals surface area contributed by atoms with Gasteiger partial charge in [-0.1, -0.05) is 0 Å². The number of aryl methyl sites for hydroxylation is 1. The zero-order chi connectivity index (χ0) is 12.4. The summed E-state index contributed by atoms with van der Waals surface area (Å²) in [7, 11) is 0. The van der Waals surface area contributed by atoms with Crippen LogP contribution in [0.1, 0.15) is 11.4 Å². The van der Waals surface area contributed by atoms with Crippen molar-refractivity contribution < 1.29 is 0 Å². The molecule has 0 saturated carbocycles. The zero-order valence-electron chi connectivity index (χ0n) is 9.88. The molecule has 0 spiro atoms. The molecule has 0 fully saturated rings. The van der Waals surface area contributed by atoms with Gasteiger partial charge in [-0.05, 0) is 13.0 Å². The molecule has 0 aliphatic carbocycles. The van der Waals surface area contributed by atoms with E-state index >= 15 is 0 Å². The molecule has 0 bridgehead atoms. The van der Waals surface area contributed by atoms with Crippen molar-refractivity contribution in [1.82, 2.24) is 24.9 Å². The van der Waals surface area contributed by atoms with Crippen LogP contribution in [0.3, 0.4) is 0 Å². The lowest BCUT2D eigenvalue weighted by Gasteiger charge is -2.05. The van der Waals surface area contributed by atoms with Crippen LogP contribution in [0.15, 0.2) is 31.0 Å². The van der Waals surface area contributed by atoms with Gasteiger partial charge < -0.3 is 10.3 Å². The Morgan fingerprint density at radius 1 is 1.17 bits per heavy atom. The number of rotatable bonds is 3. The van der Waals surface area contributed by atoms with Gasteiger partial charge in [-0.2, -0.15) is 0 Å². The van der Waals surface area contributed by atoms with E-state index in [0.29, 0.717) is 6.54 Å². The van der Waals surface area contributed by atoms with E-state index in [4.69, 9.17) is 0 Å². The first-order valence-electron chi connectivity index (χ1n) is 5.62. The van der Waals surface area contributed by atoms with Crippen LogP contribution in [0.5, 0.6) is 0 Å². The predicted molar refractivity (Wildman–Crippen MR) is 68.0 cm³/mol. The van der Waals surface area contributed by atoms with E-state index in [9.17, 15) is 0 Å². The Kier molecular flexibility index (Phi) is 2.60. The molecular weight excluding hydrogens is 228 g/mol. The summed E-state index contributed by atoms with van der Waals surface area (Å²) in [6.45, 7) is 2.50. The Hall–Kier alpha value is -2.50. The summed E-state index contributed by atoms with van der Waals surface area (Å²) in [4.78, 5) is 19.9. The number of aromatic nitrogens is 5. The topological polar surface area (TPSA) is 79.4 Å². The van der Waals surface area contributed by atoms with Crippen LogP contribution in [-0.4, -0.2) is 24.9 Å². The first-order valence-corrected chi connectivity index (χ1v) is 5.62. The molecule has 0 atom stereocenters. The van der Waals surface area contributed by atoms with Gasteiger partial charge in [0.2, 0.25) is 0 Å². The highest BCUT2D eigenvalue weighted by atomic mass is 15.0. The van der Waals surface area contributed by atoms with Gasteiger partial charge >= 0.3 is 0 Å². The first-order chi connectivity index (χ1) is 8.83. The van der Waals surface area contributed by atoms with Crippen molar-refractivity contribution in [2.24, 2.45) is 0 Å². The average Bonchev–Trinajstić information content (AvgIpc) is 2.87. The minimum absolute atomic E-state index is 0.588. The minimum atomic E-state index is 0.588. The molecule has 3 aromatic rings. The third-order valence-electron chi connectivity index (χ3n) is 2.63. The van der Waals surface area contributed by atoms with Crippen LogP contribution in [-0.2, 0) is 6.54 Å². The van der Waals surface area contributed by atoms with Gasteiger partial charge in [0.05, 0.1) is 29.5 Å². The van der Waals surface area contributed by atoms with E-state index in [-0.39, 0.29) is 0 Å². The minimum Gasteiger partial charge on any atom is -0.364 e. The Morgan fingerprint density at radius 2 is 2.11 bits per heavy atom. The van der Waals surface area contributed by atoms with Crippen LogP contribution in [0.4, 0.5) is 5.82 Å². The van der Waals surface area contributed by atoms with Crippen molar-refractivity contribution in [3.05, 3.63) is 42.4 Å². The number of nitrogens with zero attached hydrogens (tertiary/aromatic N) is 4. The van der Waals surface area contributed by atoms with Gasteiger partial charge in [0.1, 0.15) is 17.8 Å². The summed E-state index contributed by atoms with van der Waals surface area (Å²) in [5.74, 6) is 0.795. The highest BCUT2D eigenvalue weighted by Crippen LogP contribution is 2.17. The Bertz CT molecular complexity index is 658. The molecule has 2 N–H and O–H groups in total. The fraction of sp³-hybridized carbons (Fsp3) is 0.167. The lowest BCUT2D eigenvalue weighted by atomic mass is 10.3. The monoisotopic (exact) mass is 240 g/mol. The smallest absolute Gasteiger partial charge is 0.142 e. The molecule has 3 rings (SSSR count). The van der Waals surface area contributed by atoms with E-state index in [1.807, 2.05) is 19.2 Å². The van der Waals surface area contributed by atoms with Crippen LogP contribution >= 0.6 is 0 Å². The van der Waals surface area contributed by atoms with Crippen molar-refractivity contribution in [2.45, 2.75) is 13.5 Å². The van der Waals surface area contributed by atoms with Crippen LogP contribution in [0, 0.1) is 6.92 Å². The molecule has 0 amide bonds. The molecule has 0 radical (unpaired) electrons. The molecule has 0 aromatic carbocycles. The lowest BCUT2D eigenvalue weighted by molar-refractivity contribution is 0.977. The number of hydrogen-bond donors (Lipinski definition) is 2. The van der Waals surface area contributed by atoms with Gasteiger partial charge in [0.25, 0.3) is 0 Å². The van der Waals surface area contributed by atoms with E-state index in [2.05, 4.69) is 30.2 Å². The van der Waals surface area contributed by atoms with Gasteiger partial charge in [0.15, 0.2) is 0 Å². The zero-order valence-corrected chi connectivity index (χ0v) is 9.88. The molecule has 0 aliphatic heterocycles. The second kappa shape index (κ2) is 4.40. The normalized spacial score (nSPS) is 10.7. The highest BCUT2D eigenvalue weighted by molar-refractivity contribution is 5.86. The van der Waals surface area contributed by atoms with E-state index in [1.165, 1.54) is 6.33 Å². The second-order valence-electron chi connectivity index (χ2n) is 3.96. The first kappa shape index (κ1) is 10.6. The Labute approximate surface area is 104 Å². The largest absolute Gasteiger partial charge is 0.364 e. The number of aromatic amines is 1. The fourth-order valence-electron chi connectivity index (χ4n) is 1.70. The number of H-pyrrole nitrogens is 1. The number of fused-ring (bicyclic) bond motifs is 1. The van der Waals surface area contributed by atoms with Crippen molar-refractivity contribution in [3.63, 3.8) is 0 Å². The van der Waals surface area contributed by atoms with Gasteiger partial charge in [-0.15, -0.1) is 0 Å². The van der Waals surface area contributed by atoms with Crippen molar-refractivity contribution in [3.8, 4) is 0 Å². The molecule has 6 nitrogen and oxygen atoms in total. The molecular formula is C12H12N6. The van der Waals surface area contributed by atoms with Crippen molar-refractivity contribution in [1.29, 1.82) is 0 Å². The fourth-order valence-corrected chi connectivity index (χ4v) is 1.70. The molecule has 6 heteroatoms. The maximum Gasteiger partial charge on any atom is 0.142 e. The number of hydrogen-bond acceptors (Lipinski definition) is 5. The SMILES string of the molecule is Cc1cnc(CNc2ncnc3[nH]ccc23)cn1. The van der Waals surface area contributed by atoms with E-state index < -0.39 is 0 Å². The van der Waals surface area contributed by atoms with Crippen LogP contribution < -0.4 is 5.32 Å². The maximum absolute atomic E-state index is 4.28. The van der Waals surface area contributed by atoms with Crippen LogP contribution in [0.25, 0.3) is 11.0 Å². The van der Waals surface area contributed by atoms with Gasteiger partial charge in [0, 0.05) is 12.4 Å². The summed E-state index contributed by atoms with van der Waals surface area (Å²) in [6.07, 6.45) is 6.89. The summed E-state index contributed by atoms with van der Waals surface area (Å²) in [6, 6.07) is 1.94. The standard InChI is InChI=1S/C12H12N6/c1-8-4-15-9(5-14-8)6-16-12-10-2-3-13-11(10)17-7-18-12/h2-5,7H,6H2,1H3,(H2,13,16,17,18). The second-order valence-corrected chi connectivity index (χ2v) is 3.96. The molecule has 0 saturated heterocycles. The number of anilines is 1. The Balaban J connectivity index is 1.80. The molecule has 90 valence electrons. The van der Waals surface area contributed by atoms with E-state index in [0.717, 1.165) is 28.2 Å². The quantitative estimate of drug-likeness (QED) is 0.728. The lowest BCUT2D eigenvalue weighted by Crippen LogP contribution is -2.04. The van der Waals surface area contributed by atoms with Gasteiger partial charge in [-0.25, -0.2) is 9.97 Å². The summed E-state index contributed by atoms with van der Waals surface area (Å²) >= 11 is 0. The third kappa shape index (κ3) is 2.00. The summed E-state index contributed by atoms with van der Waals surface area (Å²) in [5, 5.41) is 4.21. The predicted octanol–water partition coefficient (Wildman–Crippen LogP) is 1.67. The molecule has 3 heterocycles. The maximum atomic E-state index is 4.28. The molecule has 18 heavy (non-hydrogen) atoms. The molecule has 0 unspecified atom stereocenters. The summed E-state index contributed by atoms with van der Waals surface area (Å²) in [5.41, 5.74) is 2.61. The van der Waals surface area contributed by atoms with Crippen molar-refractivity contribution >= 4 is 16.9 Å². The highest BCUT2D eigenvalue weighted by Gasteiger charge is 2.04. The Morgan fingerprint density at radius 3 is 2.94 bits per heavy atom. The van der Waals surface area contributed by atoms with Crippen LogP contribution in [0.2, 0.25) is 0 Å². The summed E-state index contributed by atoms with van der Waals surface area (Å²) < 4.78 is 0. The van der Waals surface area contributed by atoms with Gasteiger partial charge in [-0.3, -0.25) is 9.97 Å². The number of nitrogens with one attached hydrogen (secondary N) is 2. The molecule has 0 aliphatic rings. The van der Waals surface area contributed by atoms with E-state index in [1.54, 1.807) is 12.4 Å².